The Morgan fingerprint density at radius 1 is 1.10 bits per heavy atom. The summed E-state index contributed by atoms with van der Waals surface area (Å²) in [7, 11) is 1.51. The number of nitrogens with zero attached hydrogens (tertiary/aromatic N) is 5. The molecule has 31 heavy (non-hydrogen) atoms. The number of nitrogens with one attached hydrogen (secondary N) is 2. The maximum atomic E-state index is 13.1. The van der Waals surface area contributed by atoms with Gasteiger partial charge in [0.2, 0.25) is 0 Å². The average Bonchev–Trinajstić information content (AvgIpc) is 2.74. The fourth-order valence-corrected chi connectivity index (χ4v) is 3.96. The van der Waals surface area contributed by atoms with Gasteiger partial charge in [-0.05, 0) is 39.8 Å². The number of benzene rings is 1. The van der Waals surface area contributed by atoms with Crippen LogP contribution in [0.3, 0.4) is 0 Å². The van der Waals surface area contributed by atoms with Crippen molar-refractivity contribution in [3.05, 3.63) is 41.5 Å². The van der Waals surface area contributed by atoms with Gasteiger partial charge in [0.05, 0.1) is 35.8 Å². The Morgan fingerprint density at radius 3 is 2.52 bits per heavy atom. The highest BCUT2D eigenvalue weighted by atomic mass is 16.5. The summed E-state index contributed by atoms with van der Waals surface area (Å²) in [6.07, 6.45) is 3.27. The van der Waals surface area contributed by atoms with Crippen LogP contribution in [-0.4, -0.2) is 58.1 Å². The summed E-state index contributed by atoms with van der Waals surface area (Å²) in [5.74, 6) is 0.0907. The van der Waals surface area contributed by atoms with Gasteiger partial charge in [-0.3, -0.25) is 9.78 Å². The first-order valence-electron chi connectivity index (χ1n) is 10.3. The number of ether oxygens (including phenoxy) is 1. The Balaban J connectivity index is 1.75. The predicted octanol–water partition coefficient (Wildman–Crippen LogP) is 2.48. The van der Waals surface area contributed by atoms with Crippen LogP contribution in [0.25, 0.3) is 10.9 Å². The second kappa shape index (κ2) is 8.43. The monoisotopic (exact) mass is 421 g/mol. The molecule has 3 aromatic rings. The van der Waals surface area contributed by atoms with Crippen LogP contribution in [-0.2, 0) is 0 Å². The highest BCUT2D eigenvalue weighted by molar-refractivity contribution is 6.13. The zero-order valence-electron chi connectivity index (χ0n) is 18.4. The van der Waals surface area contributed by atoms with Gasteiger partial charge < -0.3 is 20.3 Å². The largest absolute Gasteiger partial charge is 0.467 e. The molecule has 4 rings (SSSR count). The first kappa shape index (κ1) is 20.9. The third kappa shape index (κ3) is 4.27. The Bertz CT molecular complexity index is 1120. The summed E-state index contributed by atoms with van der Waals surface area (Å²) >= 11 is 0. The minimum Gasteiger partial charge on any atom is -0.467 e. The lowest BCUT2D eigenvalue weighted by atomic mass is 10.0. The van der Waals surface area contributed by atoms with Crippen molar-refractivity contribution < 1.29 is 9.53 Å². The fourth-order valence-electron chi connectivity index (χ4n) is 3.96. The Kier molecular flexibility index (Phi) is 5.69. The molecule has 0 unspecified atom stereocenters. The standard InChI is InChI=1S/C22H27N7O2/c1-12-10-29(11-13(2)25-12)18-7-6-16(20-17(18)8-24-22(28-20)31-5)21(30)27-19-9-23-14(3)15(4)26-19/h6-9,12-13,25H,10-11H2,1-5H3,(H,26,27,30)/t12-,13-/m0/s1. The molecule has 9 heteroatoms. The molecule has 0 saturated carbocycles. The van der Waals surface area contributed by atoms with Crippen LogP contribution in [0, 0.1) is 13.8 Å². The van der Waals surface area contributed by atoms with E-state index in [9.17, 15) is 4.79 Å². The van der Waals surface area contributed by atoms with Gasteiger partial charge in [-0.2, -0.15) is 4.98 Å². The van der Waals surface area contributed by atoms with E-state index >= 15 is 0 Å². The molecule has 1 aromatic carbocycles. The molecule has 3 heterocycles. The second-order valence-corrected chi connectivity index (χ2v) is 8.01. The van der Waals surface area contributed by atoms with E-state index in [0.717, 1.165) is 35.6 Å². The first-order valence-corrected chi connectivity index (χ1v) is 10.3. The Hall–Kier alpha value is -3.33. The Labute approximate surface area is 181 Å². The molecule has 1 saturated heterocycles. The molecular weight excluding hydrogens is 394 g/mol. The molecule has 2 aromatic heterocycles. The van der Waals surface area contributed by atoms with Gasteiger partial charge in [0.25, 0.3) is 5.91 Å². The zero-order valence-corrected chi connectivity index (χ0v) is 18.4. The third-order valence-corrected chi connectivity index (χ3v) is 5.46. The Morgan fingerprint density at radius 2 is 1.84 bits per heavy atom. The molecule has 0 bridgehead atoms. The maximum Gasteiger partial charge on any atom is 0.316 e. The average molecular weight is 422 g/mol. The fraction of sp³-hybridized carbons (Fsp3) is 0.409. The van der Waals surface area contributed by atoms with E-state index in [2.05, 4.69) is 49.3 Å². The normalized spacial score (nSPS) is 18.8. The van der Waals surface area contributed by atoms with Crippen molar-refractivity contribution in [1.82, 2.24) is 25.3 Å². The SMILES string of the molecule is COc1ncc2c(N3C[C@H](C)N[C@@H](C)C3)ccc(C(=O)Nc3cnc(C)c(C)n3)c2n1. The van der Waals surface area contributed by atoms with Gasteiger partial charge in [-0.25, -0.2) is 9.97 Å². The van der Waals surface area contributed by atoms with Gasteiger partial charge in [0.15, 0.2) is 5.82 Å². The van der Waals surface area contributed by atoms with E-state index in [1.54, 1.807) is 18.5 Å². The summed E-state index contributed by atoms with van der Waals surface area (Å²) in [6.45, 7) is 9.77. The number of aryl methyl sites for hydroxylation is 2. The van der Waals surface area contributed by atoms with Crippen LogP contribution in [0.15, 0.2) is 24.5 Å². The van der Waals surface area contributed by atoms with Crippen molar-refractivity contribution in [2.75, 3.05) is 30.4 Å². The van der Waals surface area contributed by atoms with Crippen molar-refractivity contribution in [3.8, 4) is 6.01 Å². The summed E-state index contributed by atoms with van der Waals surface area (Å²) in [6, 6.07) is 4.68. The third-order valence-electron chi connectivity index (χ3n) is 5.46. The molecule has 0 spiro atoms. The summed E-state index contributed by atoms with van der Waals surface area (Å²) in [5, 5.41) is 7.18. The lowest BCUT2D eigenvalue weighted by molar-refractivity contribution is 0.102. The highest BCUT2D eigenvalue weighted by Crippen LogP contribution is 2.30. The summed E-state index contributed by atoms with van der Waals surface area (Å²) in [4.78, 5) is 32.9. The van der Waals surface area contributed by atoms with E-state index in [1.807, 2.05) is 19.9 Å². The van der Waals surface area contributed by atoms with E-state index in [1.165, 1.54) is 7.11 Å². The summed E-state index contributed by atoms with van der Waals surface area (Å²) in [5.41, 5.74) is 3.56. The zero-order chi connectivity index (χ0) is 22.1. The molecule has 2 atom stereocenters. The van der Waals surface area contributed by atoms with Crippen LogP contribution in [0.5, 0.6) is 6.01 Å². The van der Waals surface area contributed by atoms with Gasteiger partial charge >= 0.3 is 6.01 Å². The minimum atomic E-state index is -0.308. The lowest BCUT2D eigenvalue weighted by Crippen LogP contribution is -2.54. The molecular formula is C22H27N7O2. The number of methoxy groups -OCH3 is 1. The van der Waals surface area contributed by atoms with Gasteiger partial charge in [-0.1, -0.05) is 0 Å². The van der Waals surface area contributed by atoms with E-state index in [-0.39, 0.29) is 11.9 Å². The smallest absolute Gasteiger partial charge is 0.316 e. The van der Waals surface area contributed by atoms with Crippen LogP contribution in [0.1, 0.15) is 35.6 Å². The van der Waals surface area contributed by atoms with Crippen LogP contribution in [0.2, 0.25) is 0 Å². The topological polar surface area (TPSA) is 105 Å². The van der Waals surface area contributed by atoms with Gasteiger partial charge in [-0.15, -0.1) is 0 Å². The molecule has 9 nitrogen and oxygen atoms in total. The van der Waals surface area contributed by atoms with E-state index < -0.39 is 0 Å². The number of fused-ring (bicyclic) bond motifs is 1. The van der Waals surface area contributed by atoms with Crippen molar-refractivity contribution in [3.63, 3.8) is 0 Å². The van der Waals surface area contributed by atoms with Crippen LogP contribution < -0.4 is 20.3 Å². The van der Waals surface area contributed by atoms with E-state index in [4.69, 9.17) is 4.74 Å². The summed E-state index contributed by atoms with van der Waals surface area (Å²) < 4.78 is 5.22. The van der Waals surface area contributed by atoms with Gasteiger partial charge in [0, 0.05) is 42.4 Å². The second-order valence-electron chi connectivity index (χ2n) is 8.01. The van der Waals surface area contributed by atoms with Crippen molar-refractivity contribution in [1.29, 1.82) is 0 Å². The van der Waals surface area contributed by atoms with Crippen LogP contribution >= 0.6 is 0 Å². The van der Waals surface area contributed by atoms with Crippen molar-refractivity contribution in [2.24, 2.45) is 0 Å². The number of carbonyl (C=O) groups excluding carboxylic acids is 1. The van der Waals surface area contributed by atoms with Crippen LogP contribution in [0.4, 0.5) is 11.5 Å². The van der Waals surface area contributed by atoms with Gasteiger partial charge in [0.1, 0.15) is 0 Å². The molecule has 1 aliphatic rings. The number of aromatic nitrogens is 4. The number of rotatable bonds is 4. The quantitative estimate of drug-likeness (QED) is 0.662. The molecule has 1 fully saturated rings. The maximum absolute atomic E-state index is 13.1. The lowest BCUT2D eigenvalue weighted by Gasteiger charge is -2.38. The molecule has 2 N–H and O–H groups in total. The highest BCUT2D eigenvalue weighted by Gasteiger charge is 2.24. The molecule has 162 valence electrons. The number of carbonyl (C=O) groups is 1. The molecule has 0 radical (unpaired) electrons. The number of hydrogen-bond donors (Lipinski definition) is 2. The molecule has 1 amide bonds. The molecule has 1 aliphatic heterocycles. The number of anilines is 2. The van der Waals surface area contributed by atoms with Crippen molar-refractivity contribution in [2.45, 2.75) is 39.8 Å². The number of piperazine rings is 1. The van der Waals surface area contributed by atoms with E-state index in [0.29, 0.717) is 29.0 Å². The van der Waals surface area contributed by atoms with Crippen molar-refractivity contribution >= 4 is 28.3 Å². The molecule has 0 aliphatic carbocycles. The minimum absolute atomic E-state index is 0.215. The first-order chi connectivity index (χ1) is 14.9. The predicted molar refractivity (Wildman–Crippen MR) is 120 cm³/mol. The number of amides is 1. The number of hydrogen-bond acceptors (Lipinski definition) is 8.